The van der Waals surface area contributed by atoms with Crippen LogP contribution in [0.25, 0.3) is 22.2 Å². The lowest BCUT2D eigenvalue weighted by Crippen LogP contribution is -2.44. The van der Waals surface area contributed by atoms with Gasteiger partial charge in [0.15, 0.2) is 0 Å². The molecule has 0 saturated heterocycles. The van der Waals surface area contributed by atoms with Gasteiger partial charge in [0.25, 0.3) is 15.6 Å². The molecule has 222 valence electrons. The van der Waals surface area contributed by atoms with Crippen molar-refractivity contribution in [1.29, 1.82) is 0 Å². The van der Waals surface area contributed by atoms with Gasteiger partial charge in [-0.15, -0.1) is 0 Å². The highest BCUT2D eigenvalue weighted by molar-refractivity contribution is 7.92. The van der Waals surface area contributed by atoms with Crippen molar-refractivity contribution in [2.45, 2.75) is 62.3 Å². The van der Waals surface area contributed by atoms with Crippen LogP contribution in [0.1, 0.15) is 39.2 Å². The lowest BCUT2D eigenvalue weighted by molar-refractivity contribution is 0.109. The Bertz CT molecular complexity index is 1760. The third kappa shape index (κ3) is 6.11. The number of pyridine rings is 2. The largest absolute Gasteiger partial charge is 0.351 e. The van der Waals surface area contributed by atoms with E-state index in [-0.39, 0.29) is 39.4 Å². The van der Waals surface area contributed by atoms with Gasteiger partial charge in [-0.3, -0.25) is 14.1 Å². The van der Waals surface area contributed by atoms with Gasteiger partial charge < -0.3 is 10.2 Å². The number of hydrogen-bond donors (Lipinski definition) is 2. The van der Waals surface area contributed by atoms with E-state index >= 15 is 0 Å². The molecular weight excluding hydrogens is 581 g/mol. The van der Waals surface area contributed by atoms with Crippen molar-refractivity contribution in [2.24, 2.45) is 0 Å². The Morgan fingerprint density at radius 3 is 2.50 bits per heavy atom. The first-order chi connectivity index (χ1) is 19.9. The molecule has 1 aromatic carbocycles. The van der Waals surface area contributed by atoms with Gasteiger partial charge in [0.1, 0.15) is 22.5 Å². The quantitative estimate of drug-likeness (QED) is 0.281. The molecule has 0 aliphatic heterocycles. The smallest absolute Gasteiger partial charge is 0.264 e. The number of nitrogens with zero attached hydrogens (tertiary/aromatic N) is 5. The van der Waals surface area contributed by atoms with Crippen LogP contribution in [0.5, 0.6) is 0 Å². The van der Waals surface area contributed by atoms with Gasteiger partial charge in [0, 0.05) is 53.5 Å². The minimum atomic E-state index is -3.96. The highest BCUT2D eigenvalue weighted by Crippen LogP contribution is 2.28. The topological polar surface area (TPSA) is 122 Å². The van der Waals surface area contributed by atoms with E-state index in [9.17, 15) is 17.6 Å². The minimum Gasteiger partial charge on any atom is -0.351 e. The second-order valence-corrected chi connectivity index (χ2v) is 13.0. The maximum Gasteiger partial charge on any atom is 0.264 e. The Morgan fingerprint density at radius 1 is 1.10 bits per heavy atom. The Hall–Kier alpha value is -3.61. The predicted molar refractivity (Wildman–Crippen MR) is 163 cm³/mol. The van der Waals surface area contributed by atoms with E-state index in [4.69, 9.17) is 11.6 Å². The molecule has 3 aromatic heterocycles. The molecule has 3 unspecified atom stereocenters. The fraction of sp³-hybridized carbons (Fsp3) is 0.379. The number of aromatic nitrogens is 4. The van der Waals surface area contributed by atoms with E-state index in [0.717, 1.165) is 12.8 Å². The fourth-order valence-corrected chi connectivity index (χ4v) is 6.87. The third-order valence-corrected chi connectivity index (χ3v) is 9.32. The number of anilines is 2. The molecule has 0 amide bonds. The Morgan fingerprint density at radius 2 is 1.86 bits per heavy atom. The van der Waals surface area contributed by atoms with E-state index in [1.807, 2.05) is 32.8 Å². The normalized spacial score (nSPS) is 19.4. The summed E-state index contributed by atoms with van der Waals surface area (Å²) in [5, 5.41) is 4.00. The zero-order valence-corrected chi connectivity index (χ0v) is 25.3. The molecule has 1 fully saturated rings. The molecule has 1 aliphatic carbocycles. The molecule has 0 spiro atoms. The van der Waals surface area contributed by atoms with Gasteiger partial charge in [-0.05, 0) is 71.1 Å². The van der Waals surface area contributed by atoms with E-state index in [1.165, 1.54) is 24.4 Å². The van der Waals surface area contributed by atoms with Crippen molar-refractivity contribution in [3.8, 4) is 11.1 Å². The average Bonchev–Trinajstić information content (AvgIpc) is 2.93. The van der Waals surface area contributed by atoms with Gasteiger partial charge in [-0.1, -0.05) is 23.7 Å². The van der Waals surface area contributed by atoms with E-state index in [1.54, 1.807) is 35.0 Å². The standard InChI is InChI=1S/C29H33ClFN7O3S/c1-17(2)38-27-19(16-33-29(35-27)34-20-10-11-24(37(3)4)23(31)14-20)13-21(28(38)39)18-9-12-26(32-15-18)36-42(40,41)25-8-6-5-7-22(25)30/h5-9,12-13,15-17,20,23-24H,10-11,14H2,1-4H3,(H,32,36)(H,33,34,35). The van der Waals surface area contributed by atoms with Gasteiger partial charge in [-0.2, -0.15) is 4.98 Å². The first kappa shape index (κ1) is 29.9. The van der Waals surface area contributed by atoms with Crippen LogP contribution < -0.4 is 15.6 Å². The fourth-order valence-electron chi connectivity index (χ4n) is 5.34. The first-order valence-corrected chi connectivity index (χ1v) is 15.5. The van der Waals surface area contributed by atoms with Crippen LogP contribution in [0.2, 0.25) is 5.02 Å². The van der Waals surface area contributed by atoms with Crippen molar-refractivity contribution in [3.63, 3.8) is 0 Å². The summed E-state index contributed by atoms with van der Waals surface area (Å²) >= 11 is 6.06. The lowest BCUT2D eigenvalue weighted by Gasteiger charge is -2.35. The van der Waals surface area contributed by atoms with Crippen LogP contribution in [0.4, 0.5) is 16.2 Å². The summed E-state index contributed by atoms with van der Waals surface area (Å²) in [6.07, 6.45) is 4.01. The molecule has 5 rings (SSSR count). The van der Waals surface area contributed by atoms with Gasteiger partial charge in [-0.25, -0.2) is 22.8 Å². The lowest BCUT2D eigenvalue weighted by atomic mass is 9.89. The number of sulfonamides is 1. The first-order valence-electron chi connectivity index (χ1n) is 13.7. The number of rotatable bonds is 8. The van der Waals surface area contributed by atoms with E-state index in [2.05, 4.69) is 25.0 Å². The minimum absolute atomic E-state index is 0.0634. The number of fused-ring (bicyclic) bond motifs is 1. The molecule has 1 saturated carbocycles. The zero-order chi connectivity index (χ0) is 30.2. The Labute approximate surface area is 249 Å². The van der Waals surface area contributed by atoms with Crippen LogP contribution >= 0.6 is 11.6 Å². The van der Waals surface area contributed by atoms with Crippen LogP contribution in [0.3, 0.4) is 0 Å². The molecule has 0 bridgehead atoms. The highest BCUT2D eigenvalue weighted by atomic mass is 35.5. The second-order valence-electron chi connectivity index (χ2n) is 11.0. The molecule has 1 aliphatic rings. The number of alkyl halides is 1. The third-order valence-electron chi connectivity index (χ3n) is 7.46. The summed E-state index contributed by atoms with van der Waals surface area (Å²) in [6.45, 7) is 3.78. The maximum atomic E-state index is 14.7. The molecule has 13 heteroatoms. The highest BCUT2D eigenvalue weighted by Gasteiger charge is 2.32. The van der Waals surface area contributed by atoms with Gasteiger partial charge >= 0.3 is 0 Å². The number of benzene rings is 1. The molecule has 0 radical (unpaired) electrons. The van der Waals surface area contributed by atoms with Crippen molar-refractivity contribution < 1.29 is 12.8 Å². The van der Waals surface area contributed by atoms with Crippen LogP contribution in [0.15, 0.2) is 64.5 Å². The van der Waals surface area contributed by atoms with Crippen molar-refractivity contribution in [3.05, 3.63) is 70.2 Å². The summed E-state index contributed by atoms with van der Waals surface area (Å²) in [6, 6.07) is 10.5. The summed E-state index contributed by atoms with van der Waals surface area (Å²) in [7, 11) is -0.169. The molecule has 2 N–H and O–H groups in total. The summed E-state index contributed by atoms with van der Waals surface area (Å²) in [5.74, 6) is 0.430. The van der Waals surface area contributed by atoms with Crippen LogP contribution in [-0.2, 0) is 10.0 Å². The second kappa shape index (κ2) is 11.9. The van der Waals surface area contributed by atoms with Crippen molar-refractivity contribution in [1.82, 2.24) is 24.4 Å². The molecule has 3 heterocycles. The van der Waals surface area contributed by atoms with Gasteiger partial charge in [0.05, 0.1) is 5.02 Å². The SMILES string of the molecule is CC(C)n1c(=O)c(-c2ccc(NS(=O)(=O)c3ccccc3Cl)nc2)cc2cnc(NC3CCC(N(C)C)C(F)C3)nc21. The predicted octanol–water partition coefficient (Wildman–Crippen LogP) is 5.12. The average molecular weight is 614 g/mol. The number of hydrogen-bond acceptors (Lipinski definition) is 8. The molecule has 10 nitrogen and oxygen atoms in total. The van der Waals surface area contributed by atoms with Gasteiger partial charge in [0.2, 0.25) is 5.95 Å². The molecule has 42 heavy (non-hydrogen) atoms. The Kier molecular flexibility index (Phi) is 8.49. The summed E-state index contributed by atoms with van der Waals surface area (Å²) in [4.78, 5) is 28.9. The number of halogens is 2. The van der Waals surface area contributed by atoms with Crippen molar-refractivity contribution >= 4 is 44.4 Å². The zero-order valence-electron chi connectivity index (χ0n) is 23.8. The van der Waals surface area contributed by atoms with E-state index < -0.39 is 16.2 Å². The van der Waals surface area contributed by atoms with Crippen LogP contribution in [0, 0.1) is 0 Å². The molecule has 3 atom stereocenters. The Balaban J connectivity index is 1.42. The number of nitrogens with one attached hydrogen (secondary N) is 2. The summed E-state index contributed by atoms with van der Waals surface area (Å²) in [5.41, 5.74) is 1.07. The monoisotopic (exact) mass is 613 g/mol. The summed E-state index contributed by atoms with van der Waals surface area (Å²) < 4.78 is 44.3. The van der Waals surface area contributed by atoms with Crippen LogP contribution in [-0.4, -0.2) is 65.2 Å². The maximum absolute atomic E-state index is 14.7. The molecular formula is C29H33ClFN7O3S. The van der Waals surface area contributed by atoms with Crippen molar-refractivity contribution in [2.75, 3.05) is 24.1 Å². The van der Waals surface area contributed by atoms with E-state index in [0.29, 0.717) is 34.5 Å². The molecule has 4 aromatic rings.